The summed E-state index contributed by atoms with van der Waals surface area (Å²) in [6.07, 6.45) is 16.0. The zero-order valence-corrected chi connectivity index (χ0v) is 29.6. The molecule has 2 N–H and O–H groups in total. The first-order chi connectivity index (χ1) is 22.9. The van der Waals surface area contributed by atoms with Gasteiger partial charge in [-0.25, -0.2) is 26.3 Å². The van der Waals surface area contributed by atoms with E-state index in [4.69, 9.17) is 0 Å². The molecule has 0 radical (unpaired) electrons. The van der Waals surface area contributed by atoms with Gasteiger partial charge in [0.2, 0.25) is 20.0 Å². The van der Waals surface area contributed by atoms with E-state index >= 15 is 0 Å². The van der Waals surface area contributed by atoms with Gasteiger partial charge in [0, 0.05) is 36.3 Å². The molecule has 2 aromatic rings. The molecule has 2 aromatic carbocycles. The minimum Gasteiger partial charge on any atom is -0.289 e. The molecular formula is C33H48N4O9S2. The Bertz CT molecular complexity index is 1550. The standard InChI is InChI=1S/C33H48N4O9S2/c1-3-5-7-9-11-13-15-17-19-34-47(43,44)25-21-27-31(29(23-25)36(39)40)32-28(33(27)38)22-26(24-30(32)37(41)42)48(45,46)35-20-18-16-14-12-10-8-6-4-2/h21-24,34-35H,3-20H2,1-2H3. The third kappa shape index (κ3) is 10.4. The number of nitrogens with zero attached hydrogens (tertiary/aromatic N) is 2. The number of hydrogen-bond acceptors (Lipinski definition) is 9. The predicted molar refractivity (Wildman–Crippen MR) is 184 cm³/mol. The summed E-state index contributed by atoms with van der Waals surface area (Å²) in [5.41, 5.74) is -3.28. The summed E-state index contributed by atoms with van der Waals surface area (Å²) < 4.78 is 57.4. The molecule has 15 heteroatoms. The number of sulfonamides is 2. The Morgan fingerprint density at radius 1 is 0.542 bits per heavy atom. The van der Waals surface area contributed by atoms with Gasteiger partial charge in [0.25, 0.3) is 11.4 Å². The lowest BCUT2D eigenvalue weighted by Crippen LogP contribution is -2.25. The van der Waals surface area contributed by atoms with E-state index in [2.05, 4.69) is 23.3 Å². The molecule has 0 atom stereocenters. The van der Waals surface area contributed by atoms with Crippen LogP contribution in [0.25, 0.3) is 11.1 Å². The van der Waals surface area contributed by atoms with Gasteiger partial charge in [-0.05, 0) is 25.0 Å². The van der Waals surface area contributed by atoms with Crippen molar-refractivity contribution in [3.05, 3.63) is 55.6 Å². The average Bonchev–Trinajstić information content (AvgIpc) is 3.33. The summed E-state index contributed by atoms with van der Waals surface area (Å²) in [5.74, 6) is -0.938. The van der Waals surface area contributed by atoms with E-state index in [1.54, 1.807) is 0 Å². The van der Waals surface area contributed by atoms with Crippen LogP contribution in [0, 0.1) is 20.2 Å². The van der Waals surface area contributed by atoms with E-state index in [1.807, 2.05) is 0 Å². The number of carbonyl (C=O) groups is 1. The van der Waals surface area contributed by atoms with Crippen molar-refractivity contribution >= 4 is 37.2 Å². The normalized spacial score (nSPS) is 12.7. The summed E-state index contributed by atoms with van der Waals surface area (Å²) in [6.45, 7) is 4.46. The first-order valence-electron chi connectivity index (χ1n) is 17.0. The highest BCUT2D eigenvalue weighted by molar-refractivity contribution is 7.89. The monoisotopic (exact) mass is 708 g/mol. The third-order valence-electron chi connectivity index (χ3n) is 8.58. The van der Waals surface area contributed by atoms with Crippen LogP contribution >= 0.6 is 0 Å². The highest BCUT2D eigenvalue weighted by atomic mass is 32.2. The van der Waals surface area contributed by atoms with Gasteiger partial charge in [-0.15, -0.1) is 0 Å². The highest BCUT2D eigenvalue weighted by Crippen LogP contribution is 2.48. The van der Waals surface area contributed by atoms with Gasteiger partial charge in [0.15, 0.2) is 5.78 Å². The van der Waals surface area contributed by atoms with Crippen molar-refractivity contribution in [2.75, 3.05) is 13.1 Å². The summed E-state index contributed by atoms with van der Waals surface area (Å²) in [7, 11) is -8.56. The predicted octanol–water partition coefficient (Wildman–Crippen LogP) is 7.55. The Kier molecular flexibility index (Phi) is 15.1. The Labute approximate surface area is 283 Å². The molecule has 13 nitrogen and oxygen atoms in total. The molecule has 0 fully saturated rings. The Hall–Kier alpha value is -3.27. The minimum absolute atomic E-state index is 0.0923. The third-order valence-corrected chi connectivity index (χ3v) is 11.5. The van der Waals surface area contributed by atoms with Crippen LogP contribution in [0.1, 0.15) is 133 Å². The molecule has 0 bridgehead atoms. The molecule has 0 amide bonds. The van der Waals surface area contributed by atoms with Crippen molar-refractivity contribution in [1.82, 2.24) is 9.44 Å². The molecule has 0 saturated carbocycles. The smallest absolute Gasteiger partial charge is 0.279 e. The van der Waals surface area contributed by atoms with Gasteiger partial charge < -0.3 is 0 Å². The van der Waals surface area contributed by atoms with Gasteiger partial charge in [0.1, 0.15) is 0 Å². The second-order valence-corrected chi connectivity index (χ2v) is 15.9. The number of nitrogens with one attached hydrogen (secondary N) is 2. The fraction of sp³-hybridized carbons (Fsp3) is 0.606. The quantitative estimate of drug-likeness (QED) is 0.0536. The lowest BCUT2D eigenvalue weighted by atomic mass is 10.0. The number of fused-ring (bicyclic) bond motifs is 3. The Balaban J connectivity index is 1.80. The van der Waals surface area contributed by atoms with Crippen molar-refractivity contribution < 1.29 is 31.5 Å². The number of unbranched alkanes of at least 4 members (excludes halogenated alkanes) is 14. The summed E-state index contributed by atoms with van der Waals surface area (Å²) in [5, 5.41) is 24.3. The van der Waals surface area contributed by atoms with Gasteiger partial charge in [0.05, 0.1) is 30.8 Å². The molecule has 0 aliphatic heterocycles. The molecule has 0 heterocycles. The Morgan fingerprint density at radius 3 is 1.17 bits per heavy atom. The van der Waals surface area contributed by atoms with Crippen LogP contribution in [0.3, 0.4) is 0 Å². The maximum Gasteiger partial charge on any atom is 0.279 e. The topological polar surface area (TPSA) is 196 Å². The number of ketones is 1. The molecule has 0 aromatic heterocycles. The van der Waals surface area contributed by atoms with E-state index < -0.39 is 79.1 Å². The first kappa shape index (κ1) is 39.2. The second-order valence-electron chi connectivity index (χ2n) is 12.3. The molecule has 1 aliphatic carbocycles. The summed E-state index contributed by atoms with van der Waals surface area (Å²) in [4.78, 5) is 35.0. The molecule has 1 aliphatic rings. The molecule has 0 saturated heterocycles. The number of nitro groups is 2. The second kappa shape index (κ2) is 18.5. The van der Waals surface area contributed by atoms with Gasteiger partial charge >= 0.3 is 0 Å². The van der Waals surface area contributed by atoms with E-state index in [0.29, 0.717) is 12.8 Å². The first-order valence-corrected chi connectivity index (χ1v) is 20.0. The van der Waals surface area contributed by atoms with Crippen molar-refractivity contribution in [3.63, 3.8) is 0 Å². The van der Waals surface area contributed by atoms with Gasteiger partial charge in [-0.2, -0.15) is 0 Å². The van der Waals surface area contributed by atoms with Gasteiger partial charge in [-0.1, -0.05) is 104 Å². The highest BCUT2D eigenvalue weighted by Gasteiger charge is 2.41. The van der Waals surface area contributed by atoms with Crippen molar-refractivity contribution in [2.45, 2.75) is 126 Å². The summed E-state index contributed by atoms with van der Waals surface area (Å²) in [6, 6.07) is 3.46. The molecule has 266 valence electrons. The number of hydrogen-bond donors (Lipinski definition) is 2. The number of benzene rings is 2. The molecule has 3 rings (SSSR count). The SMILES string of the molecule is CCCCCCCCCCNS(=O)(=O)c1cc2c(c([N+](=O)[O-])c1)-c1c(cc(S(=O)(=O)NCCCCCCCCCC)cc1[N+](=O)[O-])C2=O. The fourth-order valence-electron chi connectivity index (χ4n) is 5.93. The van der Waals surface area contributed by atoms with Crippen LogP contribution in [0.4, 0.5) is 11.4 Å². The van der Waals surface area contributed by atoms with E-state index in [1.165, 1.54) is 25.7 Å². The average molecular weight is 709 g/mol. The number of rotatable bonds is 24. The molecular weight excluding hydrogens is 661 g/mol. The molecule has 48 heavy (non-hydrogen) atoms. The summed E-state index contributed by atoms with van der Waals surface area (Å²) >= 11 is 0. The van der Waals surface area contributed by atoms with Crippen molar-refractivity contribution in [1.29, 1.82) is 0 Å². The van der Waals surface area contributed by atoms with Crippen molar-refractivity contribution in [2.24, 2.45) is 0 Å². The molecule has 0 spiro atoms. The number of carbonyl (C=O) groups excluding carboxylic acids is 1. The zero-order chi connectivity index (χ0) is 35.3. The largest absolute Gasteiger partial charge is 0.289 e. The fourth-order valence-corrected chi connectivity index (χ4v) is 8.17. The zero-order valence-electron chi connectivity index (χ0n) is 27.9. The van der Waals surface area contributed by atoms with E-state index in [-0.39, 0.29) is 13.1 Å². The van der Waals surface area contributed by atoms with Crippen LogP contribution in [0.5, 0.6) is 0 Å². The maximum absolute atomic E-state index is 13.6. The van der Waals surface area contributed by atoms with Gasteiger partial charge in [-0.3, -0.25) is 25.0 Å². The van der Waals surface area contributed by atoms with Crippen LogP contribution < -0.4 is 9.44 Å². The van der Waals surface area contributed by atoms with E-state index in [9.17, 15) is 41.9 Å². The minimum atomic E-state index is -4.28. The number of nitro benzene ring substituents is 2. The van der Waals surface area contributed by atoms with Crippen LogP contribution in [-0.2, 0) is 20.0 Å². The van der Waals surface area contributed by atoms with Crippen molar-refractivity contribution in [3.8, 4) is 11.1 Å². The lowest BCUT2D eigenvalue weighted by molar-refractivity contribution is -0.386. The Morgan fingerprint density at radius 2 is 0.854 bits per heavy atom. The van der Waals surface area contributed by atoms with E-state index in [0.717, 1.165) is 88.5 Å². The maximum atomic E-state index is 13.6. The van der Waals surface area contributed by atoms with Crippen LogP contribution in [0.2, 0.25) is 0 Å². The van der Waals surface area contributed by atoms with Crippen LogP contribution in [0.15, 0.2) is 34.1 Å². The molecule has 0 unspecified atom stereocenters. The lowest BCUT2D eigenvalue weighted by Gasteiger charge is -2.10. The van der Waals surface area contributed by atoms with Crippen LogP contribution in [-0.4, -0.2) is 45.6 Å².